The molecule has 0 radical (unpaired) electrons. The Labute approximate surface area is 100 Å². The largest absolute Gasteiger partial charge is 0.434 e. The van der Waals surface area contributed by atoms with Crippen molar-refractivity contribution >= 4 is 12.9 Å². The van der Waals surface area contributed by atoms with Crippen LogP contribution in [0.4, 0.5) is 0 Å². The van der Waals surface area contributed by atoms with Crippen LogP contribution in [0.2, 0.25) is 0 Å². The Bertz CT molecular complexity index is 248. The first kappa shape index (κ1) is 13.3. The van der Waals surface area contributed by atoms with Gasteiger partial charge in [-0.2, -0.15) is 0 Å². The Morgan fingerprint density at radius 3 is 2.38 bits per heavy atom. The van der Waals surface area contributed by atoms with E-state index in [-0.39, 0.29) is 0 Å². The molecule has 88 valence electrons. The average molecular weight is 218 g/mol. The number of hydrogen-bond acceptors (Lipinski definition) is 1. The van der Waals surface area contributed by atoms with Gasteiger partial charge in [0.15, 0.2) is 0 Å². The molecule has 0 amide bonds. The van der Waals surface area contributed by atoms with Crippen molar-refractivity contribution in [3.63, 3.8) is 0 Å². The van der Waals surface area contributed by atoms with Crippen LogP contribution in [0, 0.1) is 0 Å². The summed E-state index contributed by atoms with van der Waals surface area (Å²) < 4.78 is 5.63. The van der Waals surface area contributed by atoms with Crippen LogP contribution >= 0.6 is 0 Å². The van der Waals surface area contributed by atoms with E-state index < -0.39 is 0 Å². The van der Waals surface area contributed by atoms with Crippen molar-refractivity contribution in [2.75, 3.05) is 6.61 Å². The highest BCUT2D eigenvalue weighted by Crippen LogP contribution is 2.04. The van der Waals surface area contributed by atoms with Gasteiger partial charge in [0.05, 0.1) is 0 Å². The second-order valence-electron chi connectivity index (χ2n) is 4.31. The van der Waals surface area contributed by atoms with Crippen LogP contribution in [0.5, 0.6) is 0 Å². The van der Waals surface area contributed by atoms with E-state index in [1.807, 2.05) is 6.07 Å². The van der Waals surface area contributed by atoms with E-state index in [2.05, 4.69) is 31.2 Å². The van der Waals surface area contributed by atoms with Gasteiger partial charge in [-0.15, -0.1) is 0 Å². The minimum absolute atomic E-state index is 0.760. The third-order valence-corrected chi connectivity index (χ3v) is 2.75. The van der Waals surface area contributed by atoms with Gasteiger partial charge in [-0.05, 0) is 6.42 Å². The molecule has 0 atom stereocenters. The van der Waals surface area contributed by atoms with Gasteiger partial charge in [0.1, 0.15) is 0 Å². The zero-order valence-corrected chi connectivity index (χ0v) is 10.5. The lowest BCUT2D eigenvalue weighted by Gasteiger charge is -2.03. The van der Waals surface area contributed by atoms with Crippen LogP contribution < -0.4 is 5.46 Å². The van der Waals surface area contributed by atoms with Crippen LogP contribution in [0.25, 0.3) is 0 Å². The monoisotopic (exact) mass is 218 g/mol. The van der Waals surface area contributed by atoms with E-state index in [1.165, 1.54) is 44.0 Å². The van der Waals surface area contributed by atoms with Crippen LogP contribution in [0.15, 0.2) is 30.3 Å². The SMILES string of the molecule is CCCCCCCCOBc1ccccc1. The first-order chi connectivity index (χ1) is 7.93. The average Bonchev–Trinajstić information content (AvgIpc) is 2.34. The van der Waals surface area contributed by atoms with Gasteiger partial charge in [-0.25, -0.2) is 0 Å². The first-order valence-corrected chi connectivity index (χ1v) is 6.55. The van der Waals surface area contributed by atoms with E-state index in [0.717, 1.165) is 14.1 Å². The Hall–Kier alpha value is -0.755. The number of unbranched alkanes of at least 4 members (excludes halogenated alkanes) is 5. The zero-order valence-electron chi connectivity index (χ0n) is 10.5. The fourth-order valence-corrected chi connectivity index (χ4v) is 1.75. The second-order valence-corrected chi connectivity index (χ2v) is 4.31. The van der Waals surface area contributed by atoms with Crippen molar-refractivity contribution < 1.29 is 4.65 Å². The lowest BCUT2D eigenvalue weighted by atomic mass is 9.88. The molecule has 0 saturated heterocycles. The first-order valence-electron chi connectivity index (χ1n) is 6.55. The van der Waals surface area contributed by atoms with Crippen molar-refractivity contribution in [3.8, 4) is 0 Å². The fourth-order valence-electron chi connectivity index (χ4n) is 1.75. The molecule has 1 aromatic rings. The molecule has 2 heteroatoms. The predicted molar refractivity (Wildman–Crippen MR) is 72.6 cm³/mol. The van der Waals surface area contributed by atoms with Crippen molar-refractivity contribution in [1.29, 1.82) is 0 Å². The normalized spacial score (nSPS) is 10.3. The summed E-state index contributed by atoms with van der Waals surface area (Å²) in [5, 5.41) is 0. The minimum atomic E-state index is 0.760. The zero-order chi connectivity index (χ0) is 11.5. The maximum atomic E-state index is 5.63. The van der Waals surface area contributed by atoms with Crippen LogP contribution in [0.3, 0.4) is 0 Å². The van der Waals surface area contributed by atoms with Gasteiger partial charge in [0.2, 0.25) is 0 Å². The summed E-state index contributed by atoms with van der Waals surface area (Å²) in [6.07, 6.45) is 7.97. The lowest BCUT2D eigenvalue weighted by Crippen LogP contribution is -2.17. The molecule has 0 fully saturated rings. The highest BCUT2D eigenvalue weighted by Gasteiger charge is 1.95. The predicted octanol–water partition coefficient (Wildman–Crippen LogP) is 3.04. The second kappa shape index (κ2) is 9.47. The van der Waals surface area contributed by atoms with Gasteiger partial charge >= 0.3 is 7.48 Å². The summed E-state index contributed by atoms with van der Waals surface area (Å²) >= 11 is 0. The standard InChI is InChI=1S/C14H23BO/c1-2-3-4-5-6-10-13-16-15-14-11-8-7-9-12-14/h7-9,11-12,15H,2-6,10,13H2,1H3. The molecule has 0 heterocycles. The van der Waals surface area contributed by atoms with E-state index >= 15 is 0 Å². The van der Waals surface area contributed by atoms with E-state index in [4.69, 9.17) is 4.65 Å². The van der Waals surface area contributed by atoms with Crippen molar-refractivity contribution in [1.82, 2.24) is 0 Å². The molecule has 1 rings (SSSR count). The third-order valence-electron chi connectivity index (χ3n) is 2.75. The molecule has 1 nitrogen and oxygen atoms in total. The van der Waals surface area contributed by atoms with Gasteiger partial charge < -0.3 is 4.65 Å². The number of hydrogen-bond donors (Lipinski definition) is 0. The summed E-state index contributed by atoms with van der Waals surface area (Å²) in [5.74, 6) is 0. The fraction of sp³-hybridized carbons (Fsp3) is 0.571. The molecule has 0 aliphatic heterocycles. The van der Waals surface area contributed by atoms with E-state index in [9.17, 15) is 0 Å². The maximum Gasteiger partial charge on any atom is 0.308 e. The highest BCUT2D eigenvalue weighted by atomic mass is 16.4. The molecular weight excluding hydrogens is 195 g/mol. The molecule has 0 aromatic heterocycles. The van der Waals surface area contributed by atoms with Gasteiger partial charge in [-0.3, -0.25) is 0 Å². The maximum absolute atomic E-state index is 5.63. The van der Waals surface area contributed by atoms with E-state index in [1.54, 1.807) is 0 Å². The van der Waals surface area contributed by atoms with Crippen molar-refractivity contribution in [2.24, 2.45) is 0 Å². The molecule has 16 heavy (non-hydrogen) atoms. The molecule has 0 saturated carbocycles. The molecule has 0 aliphatic carbocycles. The molecule has 0 unspecified atom stereocenters. The third kappa shape index (κ3) is 6.68. The highest BCUT2D eigenvalue weighted by molar-refractivity contribution is 6.46. The summed E-state index contributed by atoms with van der Waals surface area (Å²) in [6.45, 7) is 3.16. The Balaban J connectivity index is 1.89. The van der Waals surface area contributed by atoms with Crippen LogP contribution in [0.1, 0.15) is 45.4 Å². The molecule has 0 aliphatic rings. The minimum Gasteiger partial charge on any atom is -0.434 e. The van der Waals surface area contributed by atoms with Crippen molar-refractivity contribution in [2.45, 2.75) is 45.4 Å². The molecule has 0 bridgehead atoms. The van der Waals surface area contributed by atoms with E-state index in [0.29, 0.717) is 0 Å². The Kier molecular flexibility index (Phi) is 7.88. The molecule has 1 aromatic carbocycles. The van der Waals surface area contributed by atoms with Crippen LogP contribution in [-0.2, 0) is 4.65 Å². The summed E-state index contributed by atoms with van der Waals surface area (Å²) in [5.41, 5.74) is 1.27. The van der Waals surface area contributed by atoms with Gasteiger partial charge in [0, 0.05) is 6.61 Å². The summed E-state index contributed by atoms with van der Waals surface area (Å²) in [6, 6.07) is 10.4. The summed E-state index contributed by atoms with van der Waals surface area (Å²) in [4.78, 5) is 0. The van der Waals surface area contributed by atoms with Gasteiger partial charge in [-0.1, -0.05) is 74.8 Å². The number of rotatable bonds is 9. The number of benzene rings is 1. The Morgan fingerprint density at radius 2 is 1.62 bits per heavy atom. The molecular formula is C14H23BO. The van der Waals surface area contributed by atoms with Crippen molar-refractivity contribution in [3.05, 3.63) is 30.3 Å². The lowest BCUT2D eigenvalue weighted by molar-refractivity contribution is 0.326. The Morgan fingerprint density at radius 1 is 0.938 bits per heavy atom. The summed E-state index contributed by atoms with van der Waals surface area (Å²) in [7, 11) is 0.760. The smallest absolute Gasteiger partial charge is 0.308 e. The van der Waals surface area contributed by atoms with Gasteiger partial charge in [0.25, 0.3) is 0 Å². The molecule has 0 spiro atoms. The topological polar surface area (TPSA) is 9.23 Å². The quantitative estimate of drug-likeness (QED) is 0.457. The molecule has 0 N–H and O–H groups in total. The van der Waals surface area contributed by atoms with Crippen LogP contribution in [-0.4, -0.2) is 14.1 Å².